The van der Waals surface area contributed by atoms with Gasteiger partial charge in [0.15, 0.2) is 21.3 Å². The van der Waals surface area contributed by atoms with E-state index in [2.05, 4.69) is 20.4 Å². The first-order chi connectivity index (χ1) is 18.3. The number of halogens is 4. The monoisotopic (exact) mass is 588 g/mol. The van der Waals surface area contributed by atoms with Crippen LogP contribution in [-0.2, 0) is 21.2 Å². The number of rotatable bonds is 4. The van der Waals surface area contributed by atoms with E-state index >= 15 is 0 Å². The molecule has 1 saturated heterocycles. The fourth-order valence-electron chi connectivity index (χ4n) is 3.88. The van der Waals surface area contributed by atoms with Gasteiger partial charge in [-0.25, -0.2) is 27.7 Å². The number of carboxylic acids is 1. The lowest BCUT2D eigenvalue weighted by Crippen LogP contribution is -2.42. The maximum Gasteiger partial charge on any atom is 0.490 e. The number of carbonyl (C=O) groups is 2. The van der Waals surface area contributed by atoms with Crippen LogP contribution in [0.3, 0.4) is 0 Å². The smallest absolute Gasteiger partial charge is 0.475 e. The number of nitrogens with two attached hydrogens (primary N) is 1. The van der Waals surface area contributed by atoms with Crippen molar-refractivity contribution in [3.05, 3.63) is 53.2 Å². The molecule has 1 aliphatic rings. The van der Waals surface area contributed by atoms with Crippen LogP contribution in [0.2, 0.25) is 5.02 Å². The minimum atomic E-state index is -5.08. The van der Waals surface area contributed by atoms with E-state index in [1.165, 1.54) is 4.52 Å². The predicted molar refractivity (Wildman–Crippen MR) is 133 cm³/mol. The van der Waals surface area contributed by atoms with Crippen molar-refractivity contribution in [3.8, 4) is 0 Å². The summed E-state index contributed by atoms with van der Waals surface area (Å²) in [5, 5.41) is 14.6. The molecule has 0 saturated carbocycles. The number of nitrogens with one attached hydrogen (secondary N) is 1. The zero-order chi connectivity index (χ0) is 28.5. The van der Waals surface area contributed by atoms with Crippen LogP contribution in [0.5, 0.6) is 0 Å². The summed E-state index contributed by atoms with van der Waals surface area (Å²) < 4.78 is 58.8. The first-order valence-corrected chi connectivity index (χ1v) is 13.2. The number of pyridine rings is 1. The molecule has 0 radical (unpaired) electrons. The summed E-state index contributed by atoms with van der Waals surface area (Å²) in [5.74, 6) is -2.25. The van der Waals surface area contributed by atoms with Crippen LogP contribution in [0.25, 0.3) is 11.2 Å². The molecule has 5 rings (SSSR count). The van der Waals surface area contributed by atoms with Crippen molar-refractivity contribution >= 4 is 56.1 Å². The van der Waals surface area contributed by atoms with Crippen LogP contribution in [0, 0.1) is 0 Å². The number of fused-ring (bicyclic) bond motifs is 2. The van der Waals surface area contributed by atoms with Gasteiger partial charge in [-0.15, -0.1) is 5.10 Å². The number of imidazole rings is 1. The van der Waals surface area contributed by atoms with Crippen LogP contribution >= 0.6 is 11.6 Å². The van der Waals surface area contributed by atoms with Crippen molar-refractivity contribution in [1.29, 1.82) is 0 Å². The molecule has 0 aromatic carbocycles. The van der Waals surface area contributed by atoms with Gasteiger partial charge in [-0.2, -0.15) is 13.2 Å². The highest BCUT2D eigenvalue weighted by Crippen LogP contribution is 2.30. The lowest BCUT2D eigenvalue weighted by Gasteiger charge is -2.31. The standard InChI is InChI=1S/C19H19ClN8O3S.C2HF3O2/c20-13-8-12(9-24-18(29)15-16(21)25-28-3-1-2-23-17(15)28)19(27-11-22-10-14(13)27)26-4-6-32(30,31)7-5-26;3-2(4,5)1(6)7/h1-3,8,10-11H,4-7,9H2,(H2,21,25)(H,24,29);(H,6,7). The van der Waals surface area contributed by atoms with Crippen molar-refractivity contribution in [2.45, 2.75) is 12.7 Å². The van der Waals surface area contributed by atoms with E-state index in [0.717, 1.165) is 11.4 Å². The third-order valence-corrected chi connectivity index (χ3v) is 7.59. The number of anilines is 2. The summed E-state index contributed by atoms with van der Waals surface area (Å²) >= 11 is 6.45. The van der Waals surface area contributed by atoms with E-state index in [4.69, 9.17) is 27.2 Å². The van der Waals surface area contributed by atoms with Gasteiger partial charge in [0, 0.05) is 37.6 Å². The summed E-state index contributed by atoms with van der Waals surface area (Å²) in [6.45, 7) is 0.807. The number of sulfone groups is 1. The molecule has 0 bridgehead atoms. The maximum absolute atomic E-state index is 13.0. The number of hydrogen-bond donors (Lipinski definition) is 3. The molecule has 4 N–H and O–H groups in total. The second-order valence-corrected chi connectivity index (χ2v) is 11.0. The lowest BCUT2D eigenvalue weighted by atomic mass is 10.2. The van der Waals surface area contributed by atoms with Crippen LogP contribution in [-0.4, -0.2) is 80.2 Å². The molecule has 18 heteroatoms. The topological polar surface area (TPSA) is 177 Å². The summed E-state index contributed by atoms with van der Waals surface area (Å²) in [4.78, 5) is 32.2. The van der Waals surface area contributed by atoms with Gasteiger partial charge >= 0.3 is 12.1 Å². The van der Waals surface area contributed by atoms with Gasteiger partial charge in [0.05, 0.1) is 28.2 Å². The average molecular weight is 589 g/mol. The number of amides is 1. The lowest BCUT2D eigenvalue weighted by molar-refractivity contribution is -0.192. The van der Waals surface area contributed by atoms with E-state index in [1.54, 1.807) is 37.1 Å². The maximum atomic E-state index is 13.0. The van der Waals surface area contributed by atoms with E-state index in [1.807, 2.05) is 9.30 Å². The first kappa shape index (κ1) is 27.9. The fourth-order valence-corrected chi connectivity index (χ4v) is 5.35. The average Bonchev–Trinajstić information content (AvgIpc) is 3.47. The van der Waals surface area contributed by atoms with Gasteiger partial charge in [0.25, 0.3) is 5.91 Å². The summed E-state index contributed by atoms with van der Waals surface area (Å²) in [6.07, 6.45) is 1.39. The molecular formula is C21H20ClF3N8O5S. The van der Waals surface area contributed by atoms with E-state index in [-0.39, 0.29) is 29.4 Å². The van der Waals surface area contributed by atoms with Gasteiger partial charge in [0.1, 0.15) is 17.7 Å². The number of nitrogens with zero attached hydrogens (tertiary/aromatic N) is 6. The molecule has 0 atom stereocenters. The Hall–Kier alpha value is -4.12. The van der Waals surface area contributed by atoms with Crippen LogP contribution in [0.15, 0.2) is 37.1 Å². The Balaban J connectivity index is 0.000000448. The van der Waals surface area contributed by atoms with E-state index in [0.29, 0.717) is 29.3 Å². The Morgan fingerprint density at radius 2 is 1.90 bits per heavy atom. The molecule has 208 valence electrons. The van der Waals surface area contributed by atoms with E-state index in [9.17, 15) is 26.4 Å². The van der Waals surface area contributed by atoms with Gasteiger partial charge < -0.3 is 21.1 Å². The molecule has 4 aromatic rings. The summed E-state index contributed by atoms with van der Waals surface area (Å²) in [6, 6.07) is 3.45. The number of hydrogen-bond acceptors (Lipinski definition) is 9. The molecule has 0 aliphatic carbocycles. The van der Waals surface area contributed by atoms with Crippen molar-refractivity contribution < 1.29 is 36.3 Å². The molecule has 5 heterocycles. The van der Waals surface area contributed by atoms with Crippen LogP contribution in [0.4, 0.5) is 24.8 Å². The molecule has 39 heavy (non-hydrogen) atoms. The third kappa shape index (κ3) is 5.98. The largest absolute Gasteiger partial charge is 0.490 e. The first-order valence-electron chi connectivity index (χ1n) is 11.0. The minimum absolute atomic E-state index is 0.0578. The molecular weight excluding hydrogens is 569 g/mol. The number of carboxylic acid groups (broad SMARTS) is 1. The van der Waals surface area contributed by atoms with Crippen molar-refractivity contribution in [2.24, 2.45) is 0 Å². The molecule has 0 unspecified atom stereocenters. The highest BCUT2D eigenvalue weighted by Gasteiger charge is 2.38. The summed E-state index contributed by atoms with van der Waals surface area (Å²) in [5.41, 5.74) is 7.90. The predicted octanol–water partition coefficient (Wildman–Crippen LogP) is 1.41. The second-order valence-electron chi connectivity index (χ2n) is 8.26. The second kappa shape index (κ2) is 10.6. The zero-order valence-electron chi connectivity index (χ0n) is 19.8. The number of carbonyl (C=O) groups excluding carboxylic acids is 1. The van der Waals surface area contributed by atoms with Crippen LogP contribution < -0.4 is 16.0 Å². The molecule has 1 aliphatic heterocycles. The molecule has 1 amide bonds. The normalized spacial score (nSPS) is 15.1. The highest BCUT2D eigenvalue weighted by atomic mass is 35.5. The highest BCUT2D eigenvalue weighted by molar-refractivity contribution is 7.91. The van der Waals surface area contributed by atoms with Gasteiger partial charge in [-0.05, 0) is 12.1 Å². The van der Waals surface area contributed by atoms with Crippen molar-refractivity contribution in [1.82, 2.24) is 29.3 Å². The number of nitrogen functional groups attached to an aromatic ring is 1. The SMILES string of the molecule is Nc1nn2cccnc2c1C(=O)NCc1cc(Cl)c2cncn2c1N1CCS(=O)(=O)CC1.O=C(O)C(F)(F)F. The minimum Gasteiger partial charge on any atom is -0.475 e. The quantitative estimate of drug-likeness (QED) is 0.316. The Labute approximate surface area is 222 Å². The summed E-state index contributed by atoms with van der Waals surface area (Å²) in [7, 11) is -3.06. The fraction of sp³-hybridized carbons (Fsp3) is 0.286. The molecule has 4 aromatic heterocycles. The molecule has 0 spiro atoms. The number of alkyl halides is 3. The van der Waals surface area contributed by atoms with Gasteiger partial charge in [-0.3, -0.25) is 9.20 Å². The van der Waals surface area contributed by atoms with Crippen molar-refractivity contribution in [3.63, 3.8) is 0 Å². The van der Waals surface area contributed by atoms with E-state index < -0.39 is 27.9 Å². The molecule has 13 nitrogen and oxygen atoms in total. The van der Waals surface area contributed by atoms with Crippen LogP contribution in [0.1, 0.15) is 15.9 Å². The Bertz CT molecular complexity index is 1660. The van der Waals surface area contributed by atoms with Crippen molar-refractivity contribution in [2.75, 3.05) is 35.2 Å². The van der Waals surface area contributed by atoms with Gasteiger partial charge in [0.2, 0.25) is 0 Å². The zero-order valence-corrected chi connectivity index (χ0v) is 21.3. The number of aliphatic carboxylic acids is 1. The Morgan fingerprint density at radius 3 is 2.54 bits per heavy atom. The third-order valence-electron chi connectivity index (χ3n) is 5.67. The Morgan fingerprint density at radius 1 is 1.23 bits per heavy atom. The number of aromatic nitrogens is 5. The Kier molecular flexibility index (Phi) is 7.56. The molecule has 1 fully saturated rings. The van der Waals surface area contributed by atoms with Gasteiger partial charge in [-0.1, -0.05) is 11.6 Å².